The van der Waals surface area contributed by atoms with Crippen molar-refractivity contribution in [3.63, 3.8) is 0 Å². The van der Waals surface area contributed by atoms with Crippen molar-refractivity contribution in [3.05, 3.63) is 47.7 Å². The molecule has 0 spiro atoms. The number of benzene rings is 1. The Labute approximate surface area is 159 Å². The van der Waals surface area contributed by atoms with Crippen molar-refractivity contribution in [3.8, 4) is 5.75 Å². The normalized spacial score (nSPS) is 15.4. The number of hydrogen-bond acceptors (Lipinski definition) is 5. The molecule has 1 N–H and O–H groups in total. The van der Waals surface area contributed by atoms with E-state index < -0.39 is 15.9 Å². The molecule has 0 bridgehead atoms. The Hall–Kier alpha value is -2.32. The van der Waals surface area contributed by atoms with E-state index in [4.69, 9.17) is 9.15 Å². The molecule has 1 aromatic carbocycles. The van der Waals surface area contributed by atoms with Crippen molar-refractivity contribution in [2.45, 2.75) is 30.8 Å². The van der Waals surface area contributed by atoms with Gasteiger partial charge in [-0.1, -0.05) is 18.6 Å². The minimum atomic E-state index is -3.67. The highest BCUT2D eigenvalue weighted by Crippen LogP contribution is 2.22. The third-order valence-electron chi connectivity index (χ3n) is 4.55. The molecule has 8 heteroatoms. The summed E-state index contributed by atoms with van der Waals surface area (Å²) in [5.74, 6) is 0.326. The summed E-state index contributed by atoms with van der Waals surface area (Å²) >= 11 is 0. The van der Waals surface area contributed by atoms with Gasteiger partial charge in [-0.2, -0.15) is 4.31 Å². The van der Waals surface area contributed by atoms with Gasteiger partial charge >= 0.3 is 0 Å². The Kier molecular flexibility index (Phi) is 6.18. The molecule has 2 aromatic rings. The summed E-state index contributed by atoms with van der Waals surface area (Å²) < 4.78 is 37.1. The first-order valence-electron chi connectivity index (χ1n) is 9.02. The van der Waals surface area contributed by atoms with E-state index in [1.165, 1.54) is 16.4 Å². The SMILES string of the molecule is COc1cccc(CCNC(=O)c2ccc(S(=O)(=O)N3CCCCC3)o2)c1. The maximum Gasteiger partial charge on any atom is 0.287 e. The molecular weight excluding hydrogens is 368 g/mol. The van der Waals surface area contributed by atoms with Crippen molar-refractivity contribution in [2.24, 2.45) is 0 Å². The minimum absolute atomic E-state index is 0.00349. The molecule has 27 heavy (non-hydrogen) atoms. The number of hydrogen-bond donors (Lipinski definition) is 1. The second-order valence-corrected chi connectivity index (χ2v) is 8.31. The number of methoxy groups -OCH3 is 1. The van der Waals surface area contributed by atoms with Crippen LogP contribution < -0.4 is 10.1 Å². The fourth-order valence-electron chi connectivity index (χ4n) is 3.05. The van der Waals surface area contributed by atoms with Crippen LogP contribution in [0.3, 0.4) is 0 Å². The molecule has 146 valence electrons. The van der Waals surface area contributed by atoms with Gasteiger partial charge in [-0.25, -0.2) is 8.42 Å². The molecule has 0 unspecified atom stereocenters. The Bertz CT molecular complexity index is 885. The van der Waals surface area contributed by atoms with Gasteiger partial charge in [-0.05, 0) is 49.1 Å². The number of amides is 1. The third kappa shape index (κ3) is 4.70. The van der Waals surface area contributed by atoms with Crippen LogP contribution in [0.15, 0.2) is 45.9 Å². The Morgan fingerprint density at radius 1 is 1.19 bits per heavy atom. The highest BCUT2D eigenvalue weighted by atomic mass is 32.2. The van der Waals surface area contributed by atoms with Crippen LogP contribution in [0, 0.1) is 0 Å². The quantitative estimate of drug-likeness (QED) is 0.782. The van der Waals surface area contributed by atoms with Crippen molar-refractivity contribution >= 4 is 15.9 Å². The molecule has 1 amide bonds. The lowest BCUT2D eigenvalue weighted by atomic mass is 10.1. The Morgan fingerprint density at radius 2 is 1.96 bits per heavy atom. The minimum Gasteiger partial charge on any atom is -0.497 e. The first-order valence-corrected chi connectivity index (χ1v) is 10.5. The van der Waals surface area contributed by atoms with E-state index in [0.717, 1.165) is 30.6 Å². The predicted molar refractivity (Wildman–Crippen MR) is 100 cm³/mol. The molecule has 3 rings (SSSR count). The van der Waals surface area contributed by atoms with Gasteiger partial charge in [0, 0.05) is 19.6 Å². The highest BCUT2D eigenvalue weighted by Gasteiger charge is 2.29. The number of nitrogens with one attached hydrogen (secondary N) is 1. The van der Waals surface area contributed by atoms with Crippen molar-refractivity contribution < 1.29 is 22.4 Å². The van der Waals surface area contributed by atoms with E-state index in [0.29, 0.717) is 26.1 Å². The second-order valence-electron chi connectivity index (χ2n) is 6.44. The van der Waals surface area contributed by atoms with Gasteiger partial charge in [0.15, 0.2) is 5.76 Å². The van der Waals surface area contributed by atoms with Crippen LogP contribution in [0.4, 0.5) is 0 Å². The number of rotatable bonds is 7. The lowest BCUT2D eigenvalue weighted by molar-refractivity contribution is 0.0921. The number of carbonyl (C=O) groups is 1. The predicted octanol–water partition coefficient (Wildman–Crippen LogP) is 2.44. The molecule has 2 heterocycles. The van der Waals surface area contributed by atoms with Gasteiger partial charge < -0.3 is 14.5 Å². The van der Waals surface area contributed by atoms with Crippen LogP contribution in [0.25, 0.3) is 0 Å². The summed E-state index contributed by atoms with van der Waals surface area (Å²) in [6.07, 6.45) is 3.35. The summed E-state index contributed by atoms with van der Waals surface area (Å²) in [6.45, 7) is 1.39. The van der Waals surface area contributed by atoms with Gasteiger partial charge in [0.2, 0.25) is 5.09 Å². The van der Waals surface area contributed by atoms with Gasteiger partial charge in [0.25, 0.3) is 15.9 Å². The Morgan fingerprint density at radius 3 is 2.70 bits per heavy atom. The Balaban J connectivity index is 1.58. The maximum atomic E-state index is 12.6. The van der Waals surface area contributed by atoms with Crippen LogP contribution in [0.2, 0.25) is 0 Å². The van der Waals surface area contributed by atoms with E-state index in [1.54, 1.807) is 7.11 Å². The lowest BCUT2D eigenvalue weighted by Crippen LogP contribution is -2.35. The summed E-state index contributed by atoms with van der Waals surface area (Å²) in [5.41, 5.74) is 1.03. The summed E-state index contributed by atoms with van der Waals surface area (Å²) in [6, 6.07) is 10.3. The van der Waals surface area contributed by atoms with Crippen LogP contribution in [-0.2, 0) is 16.4 Å². The van der Waals surface area contributed by atoms with Crippen LogP contribution in [0.5, 0.6) is 5.75 Å². The van der Waals surface area contributed by atoms with Gasteiger partial charge in [-0.15, -0.1) is 0 Å². The van der Waals surface area contributed by atoms with Crippen LogP contribution >= 0.6 is 0 Å². The first-order chi connectivity index (χ1) is 13.0. The van der Waals surface area contributed by atoms with E-state index in [9.17, 15) is 13.2 Å². The molecule has 7 nitrogen and oxygen atoms in total. The number of ether oxygens (including phenoxy) is 1. The largest absolute Gasteiger partial charge is 0.497 e. The lowest BCUT2D eigenvalue weighted by Gasteiger charge is -2.24. The zero-order valence-corrected chi connectivity index (χ0v) is 16.1. The molecule has 1 aromatic heterocycles. The van der Waals surface area contributed by atoms with E-state index in [-0.39, 0.29) is 10.9 Å². The third-order valence-corrected chi connectivity index (χ3v) is 6.32. The molecule has 0 aliphatic carbocycles. The number of furan rings is 1. The summed E-state index contributed by atoms with van der Waals surface area (Å²) in [4.78, 5) is 12.2. The number of sulfonamides is 1. The van der Waals surface area contributed by atoms with Crippen molar-refractivity contribution in [1.29, 1.82) is 0 Å². The highest BCUT2D eigenvalue weighted by molar-refractivity contribution is 7.89. The summed E-state index contributed by atoms with van der Waals surface area (Å²) in [7, 11) is -2.07. The fourth-order valence-corrected chi connectivity index (χ4v) is 4.48. The van der Waals surface area contributed by atoms with Gasteiger partial charge in [-0.3, -0.25) is 4.79 Å². The van der Waals surface area contributed by atoms with E-state index in [2.05, 4.69) is 5.32 Å². The van der Waals surface area contributed by atoms with Gasteiger partial charge in [0.1, 0.15) is 5.75 Å². The molecule has 0 atom stereocenters. The zero-order valence-electron chi connectivity index (χ0n) is 15.3. The molecule has 0 saturated carbocycles. The van der Waals surface area contributed by atoms with Gasteiger partial charge in [0.05, 0.1) is 7.11 Å². The van der Waals surface area contributed by atoms with Crippen molar-refractivity contribution in [1.82, 2.24) is 9.62 Å². The molecule has 1 aliphatic heterocycles. The number of piperidine rings is 1. The van der Waals surface area contributed by atoms with Crippen molar-refractivity contribution in [2.75, 3.05) is 26.7 Å². The van der Waals surface area contributed by atoms with Crippen LogP contribution in [-0.4, -0.2) is 45.4 Å². The molecule has 1 aliphatic rings. The molecule has 0 radical (unpaired) electrons. The summed E-state index contributed by atoms with van der Waals surface area (Å²) in [5, 5.41) is 2.57. The topological polar surface area (TPSA) is 88.8 Å². The number of carbonyl (C=O) groups excluding carboxylic acids is 1. The number of nitrogens with zero attached hydrogens (tertiary/aromatic N) is 1. The van der Waals surface area contributed by atoms with E-state index >= 15 is 0 Å². The maximum absolute atomic E-state index is 12.6. The molecule has 1 fully saturated rings. The zero-order chi connectivity index (χ0) is 19.3. The second kappa shape index (κ2) is 8.58. The molecular formula is C19H24N2O5S. The monoisotopic (exact) mass is 392 g/mol. The van der Waals surface area contributed by atoms with E-state index in [1.807, 2.05) is 24.3 Å². The molecule has 1 saturated heterocycles. The van der Waals surface area contributed by atoms with Crippen LogP contribution in [0.1, 0.15) is 35.4 Å². The first kappa shape index (κ1) is 19.4. The smallest absolute Gasteiger partial charge is 0.287 e. The average molecular weight is 392 g/mol. The average Bonchev–Trinajstić information content (AvgIpc) is 3.20. The fraction of sp³-hybridized carbons (Fsp3) is 0.421. The standard InChI is InChI=1S/C19H24N2O5S/c1-25-16-7-5-6-15(14-16)10-11-20-19(22)17-8-9-18(26-17)27(23,24)21-12-3-2-4-13-21/h5-9,14H,2-4,10-13H2,1H3,(H,20,22).